The molecule has 0 radical (unpaired) electrons. The number of fused-ring (bicyclic) bond motifs is 1. The Morgan fingerprint density at radius 1 is 1.20 bits per heavy atom. The molecule has 1 atom stereocenters. The number of nitrogens with one attached hydrogen (secondary N) is 1. The molecule has 1 amide bonds. The third-order valence-electron chi connectivity index (χ3n) is 5.81. The van der Waals surface area contributed by atoms with Gasteiger partial charge < -0.3 is 10.2 Å². The summed E-state index contributed by atoms with van der Waals surface area (Å²) in [6.07, 6.45) is 1.37. The van der Waals surface area contributed by atoms with E-state index in [0.29, 0.717) is 35.9 Å². The quantitative estimate of drug-likeness (QED) is 0.547. The van der Waals surface area contributed by atoms with E-state index in [1.807, 2.05) is 32.7 Å². The SMILES string of the molecule is Cc1nc(CCc2cnn(Cc3cc(C(F)(F)F)ccn3)c2)nc2c1NC(=O)[C@H](C(C)C)N2C.S. The molecule has 35 heavy (non-hydrogen) atoms. The third kappa shape index (κ3) is 5.75. The molecule has 8 nitrogen and oxygen atoms in total. The number of halogens is 3. The average molecular weight is 508 g/mol. The number of nitrogens with zero attached hydrogens (tertiary/aromatic N) is 6. The summed E-state index contributed by atoms with van der Waals surface area (Å²) in [6.45, 7) is 5.97. The Morgan fingerprint density at radius 3 is 2.63 bits per heavy atom. The molecular formula is C23H28F3N7OS. The lowest BCUT2D eigenvalue weighted by Crippen LogP contribution is -2.49. The summed E-state index contributed by atoms with van der Waals surface area (Å²) in [7, 11) is 1.87. The fourth-order valence-corrected chi connectivity index (χ4v) is 4.17. The number of aryl methyl sites for hydroxylation is 3. The second kappa shape index (κ2) is 10.2. The van der Waals surface area contributed by atoms with Gasteiger partial charge in [0.25, 0.3) is 0 Å². The van der Waals surface area contributed by atoms with Gasteiger partial charge in [-0.2, -0.15) is 31.8 Å². The number of anilines is 2. The van der Waals surface area contributed by atoms with Gasteiger partial charge in [-0.25, -0.2) is 9.97 Å². The van der Waals surface area contributed by atoms with E-state index >= 15 is 0 Å². The molecule has 12 heteroatoms. The first-order valence-electron chi connectivity index (χ1n) is 11.0. The first-order chi connectivity index (χ1) is 16.0. The Morgan fingerprint density at radius 2 is 1.94 bits per heavy atom. The smallest absolute Gasteiger partial charge is 0.346 e. The Hall–Kier alpha value is -3.15. The van der Waals surface area contributed by atoms with E-state index in [1.165, 1.54) is 0 Å². The molecule has 3 aromatic rings. The molecule has 188 valence electrons. The highest BCUT2D eigenvalue weighted by molar-refractivity contribution is 7.59. The highest BCUT2D eigenvalue weighted by atomic mass is 32.1. The van der Waals surface area contributed by atoms with Gasteiger partial charge in [0, 0.05) is 25.9 Å². The van der Waals surface area contributed by atoms with Crippen molar-refractivity contribution in [3.05, 3.63) is 59.1 Å². The maximum absolute atomic E-state index is 12.9. The second-order valence-electron chi connectivity index (χ2n) is 8.79. The van der Waals surface area contributed by atoms with Crippen molar-refractivity contribution in [3.8, 4) is 0 Å². The highest BCUT2D eigenvalue weighted by Crippen LogP contribution is 2.33. The van der Waals surface area contributed by atoms with Gasteiger partial charge in [-0.15, -0.1) is 0 Å². The van der Waals surface area contributed by atoms with Crippen LogP contribution in [0.4, 0.5) is 24.7 Å². The van der Waals surface area contributed by atoms with Crippen LogP contribution in [0.2, 0.25) is 0 Å². The van der Waals surface area contributed by atoms with E-state index in [4.69, 9.17) is 4.98 Å². The van der Waals surface area contributed by atoms with Crippen molar-refractivity contribution in [3.63, 3.8) is 0 Å². The number of likely N-dealkylation sites (N-methyl/N-ethyl adjacent to an activating group) is 1. The van der Waals surface area contributed by atoms with Crippen LogP contribution in [0.3, 0.4) is 0 Å². The van der Waals surface area contributed by atoms with Gasteiger partial charge in [0.1, 0.15) is 17.6 Å². The minimum absolute atomic E-state index is 0. The van der Waals surface area contributed by atoms with E-state index in [1.54, 1.807) is 17.1 Å². The van der Waals surface area contributed by atoms with Crippen molar-refractivity contribution < 1.29 is 18.0 Å². The van der Waals surface area contributed by atoms with E-state index in [0.717, 1.165) is 23.9 Å². The summed E-state index contributed by atoms with van der Waals surface area (Å²) in [6, 6.07) is 1.67. The van der Waals surface area contributed by atoms with E-state index < -0.39 is 11.7 Å². The second-order valence-corrected chi connectivity index (χ2v) is 8.79. The van der Waals surface area contributed by atoms with Gasteiger partial charge in [0.05, 0.1) is 29.7 Å². The number of pyridine rings is 1. The molecule has 0 saturated carbocycles. The molecule has 0 bridgehead atoms. The van der Waals surface area contributed by atoms with E-state index in [2.05, 4.69) is 20.4 Å². The van der Waals surface area contributed by atoms with Crippen LogP contribution in [0.5, 0.6) is 0 Å². The van der Waals surface area contributed by atoms with Gasteiger partial charge >= 0.3 is 6.18 Å². The number of carbonyl (C=O) groups excluding carboxylic acids is 1. The highest BCUT2D eigenvalue weighted by Gasteiger charge is 2.35. The number of hydrogen-bond acceptors (Lipinski definition) is 6. The molecule has 0 spiro atoms. The molecule has 0 saturated heterocycles. The fraction of sp³-hybridized carbons (Fsp3) is 0.435. The summed E-state index contributed by atoms with van der Waals surface area (Å²) >= 11 is 0. The Bertz CT molecular complexity index is 1210. The molecule has 1 N–H and O–H groups in total. The van der Waals surface area contributed by atoms with Crippen LogP contribution in [-0.4, -0.2) is 43.7 Å². The number of rotatable bonds is 6. The summed E-state index contributed by atoms with van der Waals surface area (Å²) < 4.78 is 40.3. The van der Waals surface area contributed by atoms with Gasteiger partial charge in [0.2, 0.25) is 5.91 Å². The zero-order valence-corrected chi connectivity index (χ0v) is 20.9. The zero-order valence-electron chi connectivity index (χ0n) is 19.9. The number of aromatic nitrogens is 5. The van der Waals surface area contributed by atoms with Crippen LogP contribution in [0.1, 0.15) is 42.2 Å². The van der Waals surface area contributed by atoms with Crippen LogP contribution >= 0.6 is 13.5 Å². The zero-order chi connectivity index (χ0) is 24.6. The number of alkyl halides is 3. The third-order valence-corrected chi connectivity index (χ3v) is 5.81. The van der Waals surface area contributed by atoms with E-state index in [-0.39, 0.29) is 43.6 Å². The Kier molecular flexibility index (Phi) is 7.73. The van der Waals surface area contributed by atoms with Crippen molar-refractivity contribution >= 4 is 30.9 Å². The molecular weight excluding hydrogens is 479 g/mol. The molecule has 3 aromatic heterocycles. The van der Waals surface area contributed by atoms with Crippen molar-refractivity contribution in [1.82, 2.24) is 24.7 Å². The van der Waals surface area contributed by atoms with Crippen molar-refractivity contribution in [1.29, 1.82) is 0 Å². The van der Waals surface area contributed by atoms with Crippen molar-refractivity contribution in [2.45, 2.75) is 52.4 Å². The summed E-state index contributed by atoms with van der Waals surface area (Å²) in [5.41, 5.74) is 1.80. The Labute approximate surface area is 208 Å². The molecule has 0 unspecified atom stereocenters. The predicted octanol–water partition coefficient (Wildman–Crippen LogP) is 3.75. The topological polar surface area (TPSA) is 88.8 Å². The van der Waals surface area contributed by atoms with Gasteiger partial charge in [-0.05, 0) is 37.0 Å². The first kappa shape index (κ1) is 26.5. The van der Waals surface area contributed by atoms with Crippen LogP contribution in [0, 0.1) is 12.8 Å². The minimum Gasteiger partial charge on any atom is -0.346 e. The predicted molar refractivity (Wildman–Crippen MR) is 131 cm³/mol. The number of carbonyl (C=O) groups is 1. The van der Waals surface area contributed by atoms with Gasteiger partial charge in [-0.1, -0.05) is 13.8 Å². The first-order valence-corrected chi connectivity index (χ1v) is 11.0. The van der Waals surface area contributed by atoms with Crippen LogP contribution < -0.4 is 10.2 Å². The van der Waals surface area contributed by atoms with Crippen LogP contribution in [0.15, 0.2) is 30.7 Å². The fourth-order valence-electron chi connectivity index (χ4n) is 4.17. The van der Waals surface area contributed by atoms with Crippen LogP contribution in [0.25, 0.3) is 0 Å². The number of hydrogen-bond donors (Lipinski definition) is 1. The summed E-state index contributed by atoms with van der Waals surface area (Å²) in [4.78, 5) is 27.6. The lowest BCUT2D eigenvalue weighted by atomic mass is 9.99. The molecule has 4 heterocycles. The van der Waals surface area contributed by atoms with Crippen LogP contribution in [-0.2, 0) is 30.4 Å². The lowest BCUT2D eigenvalue weighted by Gasteiger charge is -2.36. The number of amides is 1. The van der Waals surface area contributed by atoms with Crippen molar-refractivity contribution in [2.24, 2.45) is 5.92 Å². The largest absolute Gasteiger partial charge is 0.416 e. The molecule has 0 aliphatic carbocycles. The molecule has 4 rings (SSSR count). The summed E-state index contributed by atoms with van der Waals surface area (Å²) in [5, 5.41) is 7.19. The average Bonchev–Trinajstić information content (AvgIpc) is 3.20. The summed E-state index contributed by atoms with van der Waals surface area (Å²) in [5.74, 6) is 1.40. The van der Waals surface area contributed by atoms with Crippen molar-refractivity contribution in [2.75, 3.05) is 17.3 Å². The van der Waals surface area contributed by atoms with Gasteiger partial charge in [0.15, 0.2) is 5.82 Å². The molecule has 0 aromatic carbocycles. The minimum atomic E-state index is -4.41. The van der Waals surface area contributed by atoms with E-state index in [9.17, 15) is 18.0 Å². The van der Waals surface area contributed by atoms with Gasteiger partial charge in [-0.3, -0.25) is 14.5 Å². The lowest BCUT2D eigenvalue weighted by molar-refractivity contribution is -0.137. The molecule has 0 fully saturated rings. The monoisotopic (exact) mass is 507 g/mol. The maximum Gasteiger partial charge on any atom is 0.416 e. The molecule has 1 aliphatic heterocycles. The molecule has 1 aliphatic rings. The standard InChI is InChI=1S/C23H26F3N7O.H2S/c1-13(2)20-22(34)31-19-14(3)29-18(30-21(19)32(20)4)6-5-15-10-28-33(11-15)12-17-9-16(7-8-27-17)23(24,25)26;/h7-11,13,20H,5-6,12H2,1-4H3,(H,31,34);1H2/t20-;/m0./s1. The maximum atomic E-state index is 12.9. The normalized spacial score (nSPS) is 15.6. The Balaban J connectivity index is 0.00000342.